The summed E-state index contributed by atoms with van der Waals surface area (Å²) in [5.41, 5.74) is 0. The summed E-state index contributed by atoms with van der Waals surface area (Å²) >= 11 is 0. The summed E-state index contributed by atoms with van der Waals surface area (Å²) in [6, 6.07) is 0. The van der Waals surface area contributed by atoms with Crippen LogP contribution >= 0.6 is 0 Å². The smallest absolute Gasteiger partial charge is 0.222 e. The van der Waals surface area contributed by atoms with Crippen molar-refractivity contribution in [1.29, 1.82) is 0 Å². The van der Waals surface area contributed by atoms with E-state index < -0.39 is 0 Å². The van der Waals surface area contributed by atoms with E-state index in [1.165, 1.54) is 6.42 Å². The Bertz CT molecular complexity index is 166. The molecular formula is C12H25NO. The van der Waals surface area contributed by atoms with Crippen LogP contribution in [0.15, 0.2) is 0 Å². The van der Waals surface area contributed by atoms with E-state index in [0.29, 0.717) is 24.2 Å². The molecule has 84 valence electrons. The van der Waals surface area contributed by atoms with E-state index in [9.17, 15) is 4.79 Å². The molecule has 1 fully saturated rings. The largest absolute Gasteiger partial charge is 0.342 e. The molecule has 1 amide bonds. The van der Waals surface area contributed by atoms with Crippen LogP contribution in [0.3, 0.4) is 0 Å². The lowest BCUT2D eigenvalue weighted by atomic mass is 10.1. The zero-order chi connectivity index (χ0) is 11.1. The number of amides is 1. The Morgan fingerprint density at radius 2 is 2.00 bits per heavy atom. The second-order valence-electron chi connectivity index (χ2n) is 4.33. The van der Waals surface area contributed by atoms with Crippen LogP contribution in [-0.2, 0) is 4.79 Å². The van der Waals surface area contributed by atoms with Gasteiger partial charge in [-0.25, -0.2) is 0 Å². The van der Waals surface area contributed by atoms with Gasteiger partial charge in [0.1, 0.15) is 0 Å². The van der Waals surface area contributed by atoms with Crippen LogP contribution in [0, 0.1) is 11.8 Å². The topological polar surface area (TPSA) is 20.3 Å². The molecule has 0 aromatic carbocycles. The minimum absolute atomic E-state index is 0.342. The normalized spacial score (nSPS) is 20.7. The number of nitrogens with zero attached hydrogens (tertiary/aromatic N) is 1. The number of carbonyl (C=O) groups is 1. The van der Waals surface area contributed by atoms with Gasteiger partial charge in [-0.05, 0) is 18.3 Å². The molecule has 1 aliphatic rings. The Morgan fingerprint density at radius 3 is 2.36 bits per heavy atom. The van der Waals surface area contributed by atoms with E-state index >= 15 is 0 Å². The molecule has 1 atom stereocenters. The molecule has 0 aromatic rings. The zero-order valence-corrected chi connectivity index (χ0v) is 10.3. The first-order chi connectivity index (χ1) is 6.59. The van der Waals surface area contributed by atoms with Crippen LogP contribution < -0.4 is 0 Å². The highest BCUT2D eigenvalue weighted by molar-refractivity contribution is 5.76. The van der Waals surface area contributed by atoms with Crippen molar-refractivity contribution in [2.24, 2.45) is 11.8 Å². The van der Waals surface area contributed by atoms with Crippen LogP contribution in [0.4, 0.5) is 0 Å². The summed E-state index contributed by atoms with van der Waals surface area (Å²) in [6.07, 6.45) is 1.90. The average molecular weight is 199 g/mol. The first-order valence-electron chi connectivity index (χ1n) is 5.87. The van der Waals surface area contributed by atoms with Gasteiger partial charge in [-0.1, -0.05) is 34.6 Å². The number of likely N-dealkylation sites (tertiary alicyclic amines) is 1. The van der Waals surface area contributed by atoms with Gasteiger partial charge in [-0.15, -0.1) is 0 Å². The number of carbonyl (C=O) groups excluding carboxylic acids is 1. The molecule has 0 N–H and O–H groups in total. The molecule has 1 aliphatic heterocycles. The van der Waals surface area contributed by atoms with Gasteiger partial charge < -0.3 is 4.90 Å². The monoisotopic (exact) mass is 199 g/mol. The molecule has 0 spiro atoms. The average Bonchev–Trinajstić information content (AvgIpc) is 2.54. The summed E-state index contributed by atoms with van der Waals surface area (Å²) in [4.78, 5) is 13.5. The van der Waals surface area contributed by atoms with Gasteiger partial charge in [0.05, 0.1) is 0 Å². The van der Waals surface area contributed by atoms with Gasteiger partial charge in [0.15, 0.2) is 0 Å². The molecule has 1 saturated heterocycles. The number of rotatable bonds is 2. The Labute approximate surface area is 88.7 Å². The van der Waals surface area contributed by atoms with Crippen molar-refractivity contribution in [2.75, 3.05) is 13.1 Å². The third-order valence-corrected chi connectivity index (χ3v) is 2.36. The molecule has 0 bridgehead atoms. The highest BCUT2D eigenvalue weighted by Gasteiger charge is 2.22. The lowest BCUT2D eigenvalue weighted by molar-refractivity contribution is -0.131. The Kier molecular flexibility index (Phi) is 6.60. The van der Waals surface area contributed by atoms with Crippen LogP contribution in [0.2, 0.25) is 0 Å². The van der Waals surface area contributed by atoms with Crippen molar-refractivity contribution in [3.8, 4) is 0 Å². The van der Waals surface area contributed by atoms with E-state index in [0.717, 1.165) is 13.1 Å². The predicted octanol–water partition coefficient (Wildman–Crippen LogP) is 2.93. The summed E-state index contributed by atoms with van der Waals surface area (Å²) in [6.45, 7) is 12.4. The highest BCUT2D eigenvalue weighted by Crippen LogP contribution is 2.17. The van der Waals surface area contributed by atoms with Gasteiger partial charge in [-0.3, -0.25) is 4.79 Å². The van der Waals surface area contributed by atoms with Crippen molar-refractivity contribution in [1.82, 2.24) is 4.90 Å². The second kappa shape index (κ2) is 6.86. The predicted molar refractivity (Wildman–Crippen MR) is 61.2 cm³/mol. The third-order valence-electron chi connectivity index (χ3n) is 2.36. The molecule has 0 aromatic heterocycles. The first kappa shape index (κ1) is 13.5. The zero-order valence-electron chi connectivity index (χ0n) is 10.3. The molecule has 1 heterocycles. The molecule has 1 unspecified atom stereocenters. The van der Waals surface area contributed by atoms with E-state index in [1.54, 1.807) is 0 Å². The fourth-order valence-corrected chi connectivity index (χ4v) is 1.64. The summed E-state index contributed by atoms with van der Waals surface area (Å²) in [5, 5.41) is 0. The summed E-state index contributed by atoms with van der Waals surface area (Å²) < 4.78 is 0. The third kappa shape index (κ3) is 4.64. The quantitative estimate of drug-likeness (QED) is 0.669. The van der Waals surface area contributed by atoms with Crippen LogP contribution in [0.1, 0.15) is 47.5 Å². The first-order valence-corrected chi connectivity index (χ1v) is 5.87. The van der Waals surface area contributed by atoms with Crippen molar-refractivity contribution >= 4 is 5.91 Å². The Hall–Kier alpha value is -0.530. The molecule has 1 rings (SSSR count). The van der Waals surface area contributed by atoms with Gasteiger partial charge in [0, 0.05) is 19.5 Å². The molecule has 0 saturated carbocycles. The highest BCUT2D eigenvalue weighted by atomic mass is 16.2. The molecule has 0 aliphatic carbocycles. The number of hydrogen-bond donors (Lipinski definition) is 0. The van der Waals surface area contributed by atoms with E-state index in [2.05, 4.69) is 20.8 Å². The van der Waals surface area contributed by atoms with Crippen molar-refractivity contribution < 1.29 is 4.79 Å². The van der Waals surface area contributed by atoms with E-state index in [4.69, 9.17) is 0 Å². The van der Waals surface area contributed by atoms with Crippen LogP contribution in [-0.4, -0.2) is 23.9 Å². The van der Waals surface area contributed by atoms with Gasteiger partial charge in [0.2, 0.25) is 5.91 Å². The minimum Gasteiger partial charge on any atom is -0.342 e. The van der Waals surface area contributed by atoms with Gasteiger partial charge >= 0.3 is 0 Å². The Morgan fingerprint density at radius 1 is 1.43 bits per heavy atom. The summed E-state index contributed by atoms with van der Waals surface area (Å²) in [5.74, 6) is 1.55. The van der Waals surface area contributed by atoms with E-state index in [1.807, 2.05) is 18.7 Å². The lowest BCUT2D eigenvalue weighted by Gasteiger charge is -2.16. The molecule has 2 nitrogen and oxygen atoms in total. The SMILES string of the molecule is CC.CC(C)CC(=O)N1CCC(C)C1. The minimum atomic E-state index is 0.342. The van der Waals surface area contributed by atoms with Crippen LogP contribution in [0.25, 0.3) is 0 Å². The van der Waals surface area contributed by atoms with Gasteiger partial charge in [0.25, 0.3) is 0 Å². The fourth-order valence-electron chi connectivity index (χ4n) is 1.64. The standard InChI is InChI=1S/C10H19NO.C2H6/c1-8(2)6-10(12)11-5-4-9(3)7-11;1-2/h8-9H,4-7H2,1-3H3;1-2H3. The van der Waals surface area contributed by atoms with Crippen molar-refractivity contribution in [3.05, 3.63) is 0 Å². The van der Waals surface area contributed by atoms with E-state index in [-0.39, 0.29) is 0 Å². The maximum Gasteiger partial charge on any atom is 0.222 e. The molecular weight excluding hydrogens is 174 g/mol. The molecule has 2 heteroatoms. The van der Waals surface area contributed by atoms with Crippen molar-refractivity contribution in [2.45, 2.75) is 47.5 Å². The fraction of sp³-hybridized carbons (Fsp3) is 0.917. The number of hydrogen-bond acceptors (Lipinski definition) is 1. The molecule has 0 radical (unpaired) electrons. The van der Waals surface area contributed by atoms with Crippen LogP contribution in [0.5, 0.6) is 0 Å². The Balaban J connectivity index is 0.000000791. The van der Waals surface area contributed by atoms with Crippen molar-refractivity contribution in [3.63, 3.8) is 0 Å². The second-order valence-corrected chi connectivity index (χ2v) is 4.33. The van der Waals surface area contributed by atoms with Gasteiger partial charge in [-0.2, -0.15) is 0 Å². The maximum atomic E-state index is 11.5. The maximum absolute atomic E-state index is 11.5. The summed E-state index contributed by atoms with van der Waals surface area (Å²) in [7, 11) is 0. The lowest BCUT2D eigenvalue weighted by Crippen LogP contribution is -2.29. The molecule has 14 heavy (non-hydrogen) atoms.